The van der Waals surface area contributed by atoms with Crippen LogP contribution < -0.4 is 25.4 Å². The van der Waals surface area contributed by atoms with Crippen molar-refractivity contribution in [1.29, 1.82) is 0 Å². The summed E-state index contributed by atoms with van der Waals surface area (Å²) in [6.45, 7) is -0.411. The van der Waals surface area contributed by atoms with Crippen LogP contribution in [0.4, 0.5) is 15.8 Å². The number of amides is 4. The van der Waals surface area contributed by atoms with Crippen molar-refractivity contribution in [2.24, 2.45) is 7.05 Å². The van der Waals surface area contributed by atoms with E-state index in [1.54, 1.807) is 34.9 Å². The number of benzene rings is 3. The largest absolute Gasteiger partial charge is 0.506 e. The van der Waals surface area contributed by atoms with Crippen molar-refractivity contribution in [3.8, 4) is 5.75 Å². The van der Waals surface area contributed by atoms with Crippen molar-refractivity contribution in [2.45, 2.75) is 31.2 Å². The summed E-state index contributed by atoms with van der Waals surface area (Å²) in [4.78, 5) is 76.8. The van der Waals surface area contributed by atoms with E-state index < -0.39 is 69.4 Å². The van der Waals surface area contributed by atoms with E-state index in [4.69, 9.17) is 0 Å². The molecule has 16 nitrogen and oxygen atoms in total. The topological polar surface area (TPSA) is 209 Å². The number of nitrogens with one attached hydrogen (secondary N) is 3. The van der Waals surface area contributed by atoms with Gasteiger partial charge in [-0.1, -0.05) is 6.07 Å². The Bertz CT molecular complexity index is 2350. The first-order valence-corrected chi connectivity index (χ1v) is 17.0. The normalized spacial score (nSPS) is 21.1. The molecule has 18 heteroatoms. The zero-order valence-corrected chi connectivity index (χ0v) is 27.3. The quantitative estimate of drug-likeness (QED) is 0.204. The number of likely N-dealkylation sites (tertiary alicyclic amines) is 1. The lowest BCUT2D eigenvalue weighted by atomic mass is 9.88. The van der Waals surface area contributed by atoms with Gasteiger partial charge in [0.15, 0.2) is 11.6 Å². The molecule has 0 saturated carbocycles. The molecular formula is C32H30FN7O9S. The van der Waals surface area contributed by atoms with Gasteiger partial charge in [-0.3, -0.25) is 43.3 Å². The van der Waals surface area contributed by atoms with Crippen molar-refractivity contribution < 1.29 is 41.9 Å². The van der Waals surface area contributed by atoms with Crippen LogP contribution in [-0.2, 0) is 41.2 Å². The Morgan fingerprint density at radius 2 is 1.78 bits per heavy atom. The highest BCUT2D eigenvalue weighted by Crippen LogP contribution is 2.39. The first kappa shape index (κ1) is 32.9. The number of piperidine rings is 2. The Morgan fingerprint density at radius 3 is 2.48 bits per heavy atom. The molecule has 3 aromatic carbocycles. The van der Waals surface area contributed by atoms with E-state index in [0.29, 0.717) is 33.9 Å². The molecule has 4 aromatic rings. The summed E-state index contributed by atoms with van der Waals surface area (Å²) in [6.07, 6.45) is 0.729. The highest BCUT2D eigenvalue weighted by molar-refractivity contribution is 7.92. The molecule has 1 aromatic heterocycles. The molecule has 3 saturated heterocycles. The minimum atomic E-state index is -4.37. The standard InChI is InChI=1S/C32H30FN7O9S/c1-37-23-11-16(2-5-21(23)40(32(37)47)22-6-7-26(43)35-31(22)46)19-8-9-38(13-25(19)42)14-27(44)34-18-3-4-20-17(10-18)12-24(41)30(29(20)33)39-15-28(45)36-50(39,48)49/h2-5,10-12,19,22,41H,6-9,13-15H2,1H3,(H,34,44)(H,36,45)(H,35,43,46). The van der Waals surface area contributed by atoms with Gasteiger partial charge in [0.05, 0.1) is 24.1 Å². The summed E-state index contributed by atoms with van der Waals surface area (Å²) in [7, 11) is -2.79. The third-order valence-electron chi connectivity index (χ3n) is 9.29. The number of imidazole rings is 1. The van der Waals surface area contributed by atoms with E-state index in [1.165, 1.54) is 27.3 Å². The molecule has 3 aliphatic heterocycles. The summed E-state index contributed by atoms with van der Waals surface area (Å²) in [5.74, 6) is -4.63. The van der Waals surface area contributed by atoms with Crippen LogP contribution in [0, 0.1) is 5.82 Å². The van der Waals surface area contributed by atoms with Crippen LogP contribution in [0.15, 0.2) is 47.3 Å². The van der Waals surface area contributed by atoms with Crippen LogP contribution in [0.3, 0.4) is 0 Å². The molecule has 2 atom stereocenters. The number of anilines is 2. The number of rotatable bonds is 6. The third kappa shape index (κ3) is 5.65. The number of imide groups is 1. The molecule has 0 aliphatic carbocycles. The fourth-order valence-electron chi connectivity index (χ4n) is 6.90. The maximum absolute atomic E-state index is 15.4. The molecule has 7 rings (SSSR count). The molecule has 0 radical (unpaired) electrons. The van der Waals surface area contributed by atoms with Crippen LogP contribution in [-0.4, -0.2) is 83.1 Å². The van der Waals surface area contributed by atoms with Gasteiger partial charge in [0.2, 0.25) is 17.7 Å². The number of fused-ring (bicyclic) bond motifs is 2. The van der Waals surface area contributed by atoms with E-state index in [2.05, 4.69) is 10.6 Å². The first-order valence-electron chi connectivity index (χ1n) is 15.6. The van der Waals surface area contributed by atoms with Gasteiger partial charge in [-0.2, -0.15) is 8.42 Å². The number of aromatic hydroxyl groups is 1. The van der Waals surface area contributed by atoms with Crippen molar-refractivity contribution in [2.75, 3.05) is 35.8 Å². The fraction of sp³-hybridized carbons (Fsp3) is 0.312. The molecular weight excluding hydrogens is 677 g/mol. The van der Waals surface area contributed by atoms with Crippen molar-refractivity contribution >= 4 is 72.8 Å². The van der Waals surface area contributed by atoms with Crippen molar-refractivity contribution in [1.82, 2.24) is 24.1 Å². The maximum atomic E-state index is 15.4. The molecule has 0 bridgehead atoms. The van der Waals surface area contributed by atoms with E-state index in [1.807, 2.05) is 0 Å². The molecule has 0 spiro atoms. The molecule has 4 N–H and O–H groups in total. The maximum Gasteiger partial charge on any atom is 0.329 e. The van der Waals surface area contributed by atoms with Crippen LogP contribution in [0.5, 0.6) is 5.75 Å². The molecule has 4 amide bonds. The summed E-state index contributed by atoms with van der Waals surface area (Å²) in [6, 6.07) is 9.62. The molecule has 4 heterocycles. The fourth-order valence-corrected chi connectivity index (χ4v) is 8.06. The van der Waals surface area contributed by atoms with Gasteiger partial charge in [0, 0.05) is 37.0 Å². The average molecular weight is 708 g/mol. The number of Topliss-reactive ketones (excluding diaryl/α,β-unsaturated/α-hetero) is 1. The second-order valence-corrected chi connectivity index (χ2v) is 14.1. The lowest BCUT2D eigenvalue weighted by molar-refractivity contribution is -0.136. The van der Waals surface area contributed by atoms with Crippen LogP contribution in [0.2, 0.25) is 0 Å². The highest BCUT2D eigenvalue weighted by atomic mass is 32.2. The smallest absolute Gasteiger partial charge is 0.329 e. The summed E-state index contributed by atoms with van der Waals surface area (Å²) < 4.78 is 44.8. The van der Waals surface area contributed by atoms with Crippen LogP contribution >= 0.6 is 0 Å². The van der Waals surface area contributed by atoms with E-state index in [0.717, 1.165) is 6.07 Å². The third-order valence-corrected chi connectivity index (χ3v) is 10.7. The van der Waals surface area contributed by atoms with Gasteiger partial charge in [0.25, 0.3) is 5.91 Å². The first-order chi connectivity index (χ1) is 23.7. The SMILES string of the molecule is Cn1c(=O)n(C2CCC(=O)NC2=O)c2ccc(C3CCN(CC(=O)Nc4ccc5c(F)c(N6CC(=O)NS6(=O)=O)c(O)cc5c4)CC3=O)cc21. The Balaban J connectivity index is 1.02. The number of phenols is 1. The average Bonchev–Trinajstić information content (AvgIpc) is 3.45. The van der Waals surface area contributed by atoms with Crippen LogP contribution in [0.25, 0.3) is 21.8 Å². The van der Waals surface area contributed by atoms with E-state index >= 15 is 4.39 Å². The molecule has 3 aliphatic rings. The summed E-state index contributed by atoms with van der Waals surface area (Å²) in [5.41, 5.74) is 0.934. The number of nitrogens with zero attached hydrogens (tertiary/aromatic N) is 4. The monoisotopic (exact) mass is 707 g/mol. The number of carbonyl (C=O) groups excluding carboxylic acids is 5. The molecule has 50 heavy (non-hydrogen) atoms. The number of aryl methyl sites for hydroxylation is 1. The Labute approximate surface area is 282 Å². The van der Waals surface area contributed by atoms with Gasteiger partial charge in [-0.05, 0) is 60.2 Å². The summed E-state index contributed by atoms with van der Waals surface area (Å²) >= 11 is 0. The minimum Gasteiger partial charge on any atom is -0.506 e. The minimum absolute atomic E-state index is 0.0112. The predicted molar refractivity (Wildman–Crippen MR) is 176 cm³/mol. The Kier molecular flexibility index (Phi) is 7.94. The molecule has 3 fully saturated rings. The number of ketones is 1. The van der Waals surface area contributed by atoms with Gasteiger partial charge in [-0.15, -0.1) is 0 Å². The van der Waals surface area contributed by atoms with Gasteiger partial charge in [0.1, 0.15) is 24.0 Å². The van der Waals surface area contributed by atoms with Crippen LogP contribution in [0.1, 0.15) is 36.8 Å². The highest BCUT2D eigenvalue weighted by Gasteiger charge is 2.38. The van der Waals surface area contributed by atoms with Crippen molar-refractivity contribution in [3.05, 3.63) is 64.3 Å². The molecule has 2 unspecified atom stereocenters. The van der Waals surface area contributed by atoms with E-state index in [-0.39, 0.29) is 54.1 Å². The number of hydrogen-bond donors (Lipinski definition) is 4. The zero-order valence-electron chi connectivity index (χ0n) is 26.4. The number of halogens is 1. The number of phenolic OH excluding ortho intramolecular Hbond substituents is 1. The van der Waals surface area contributed by atoms with Gasteiger partial charge in [-0.25, -0.2) is 18.2 Å². The molecule has 260 valence electrons. The zero-order chi connectivity index (χ0) is 35.6. The number of carbonyl (C=O) groups is 5. The Hall–Kier alpha value is -5.62. The second-order valence-electron chi connectivity index (χ2n) is 12.5. The lowest BCUT2D eigenvalue weighted by Gasteiger charge is -2.30. The van der Waals surface area contributed by atoms with E-state index in [9.17, 15) is 42.3 Å². The summed E-state index contributed by atoms with van der Waals surface area (Å²) in [5, 5.41) is 15.6. The van der Waals surface area contributed by atoms with Crippen molar-refractivity contribution in [3.63, 3.8) is 0 Å². The second kappa shape index (κ2) is 12.1. The Morgan fingerprint density at radius 1 is 1.00 bits per heavy atom. The predicted octanol–water partition coefficient (Wildman–Crippen LogP) is 0.494. The number of aromatic nitrogens is 2. The van der Waals surface area contributed by atoms with Gasteiger partial charge >= 0.3 is 15.9 Å². The number of hydrogen-bond acceptors (Lipinski definition) is 10. The lowest BCUT2D eigenvalue weighted by Crippen LogP contribution is -2.44. The van der Waals surface area contributed by atoms with Gasteiger partial charge < -0.3 is 10.4 Å².